The zero-order chi connectivity index (χ0) is 19.4. The number of rotatable bonds is 8. The minimum Gasteiger partial charge on any atom is -0.383 e. The molecule has 0 spiro atoms. The molecular weight excluding hydrogens is 383 g/mol. The van der Waals surface area contributed by atoms with Crippen molar-refractivity contribution in [3.8, 4) is 0 Å². The number of hydrogen-bond donors (Lipinski definition) is 2. The van der Waals surface area contributed by atoms with Crippen LogP contribution in [-0.4, -0.2) is 36.6 Å². The van der Waals surface area contributed by atoms with Crippen LogP contribution in [0.5, 0.6) is 0 Å². The lowest BCUT2D eigenvalue weighted by atomic mass is 10.3. The van der Waals surface area contributed by atoms with E-state index in [2.05, 4.69) is 9.44 Å². The summed E-state index contributed by atoms with van der Waals surface area (Å²) in [5.74, 6) is -0.675. The zero-order valence-corrected chi connectivity index (χ0v) is 15.8. The summed E-state index contributed by atoms with van der Waals surface area (Å²) >= 11 is 0. The second-order valence-electron chi connectivity index (χ2n) is 5.56. The minimum absolute atomic E-state index is 0.0193. The molecule has 2 N–H and O–H groups in total. The van der Waals surface area contributed by atoms with Crippen LogP contribution in [0.3, 0.4) is 0 Å². The fraction of sp³-hybridized carbons (Fsp3) is 0.250. The van der Waals surface area contributed by atoms with Gasteiger partial charge in [0.05, 0.1) is 16.4 Å². The number of nitrogens with one attached hydrogen (secondary N) is 2. The van der Waals surface area contributed by atoms with Crippen LogP contribution in [0.15, 0.2) is 58.3 Å². The van der Waals surface area contributed by atoms with Gasteiger partial charge in [-0.25, -0.2) is 25.9 Å². The predicted octanol–water partition coefficient (Wildman–Crippen LogP) is 1.94. The number of anilines is 1. The van der Waals surface area contributed by atoms with Crippen molar-refractivity contribution in [3.05, 3.63) is 54.3 Å². The molecule has 0 fully saturated rings. The Kier molecular flexibility index (Phi) is 6.34. The number of ether oxygens (including phenoxy) is 1. The summed E-state index contributed by atoms with van der Waals surface area (Å²) < 4.78 is 71.7. The van der Waals surface area contributed by atoms with Crippen molar-refractivity contribution < 1.29 is 26.0 Å². The Morgan fingerprint density at radius 3 is 2.23 bits per heavy atom. The molecule has 0 aliphatic rings. The van der Waals surface area contributed by atoms with Crippen LogP contribution in [0.4, 0.5) is 10.1 Å². The maximum Gasteiger partial charge on any atom is 0.261 e. The fourth-order valence-electron chi connectivity index (χ4n) is 2.17. The molecule has 7 nitrogen and oxygen atoms in total. The average Bonchev–Trinajstić information content (AvgIpc) is 2.54. The molecule has 1 atom stereocenters. The Bertz CT molecular complexity index is 960. The first-order valence-electron chi connectivity index (χ1n) is 7.54. The molecule has 0 amide bonds. The van der Waals surface area contributed by atoms with Gasteiger partial charge in [-0.1, -0.05) is 6.07 Å². The molecule has 1 unspecified atom stereocenters. The maximum atomic E-state index is 13.2. The second-order valence-corrected chi connectivity index (χ2v) is 8.96. The lowest BCUT2D eigenvalue weighted by Gasteiger charge is -2.14. The van der Waals surface area contributed by atoms with Crippen molar-refractivity contribution in [1.82, 2.24) is 4.72 Å². The molecule has 0 aliphatic heterocycles. The highest BCUT2D eigenvalue weighted by molar-refractivity contribution is 7.92. The first-order chi connectivity index (χ1) is 12.1. The Labute approximate surface area is 152 Å². The van der Waals surface area contributed by atoms with Crippen molar-refractivity contribution in [2.24, 2.45) is 0 Å². The van der Waals surface area contributed by atoms with Gasteiger partial charge in [-0.15, -0.1) is 0 Å². The Balaban J connectivity index is 2.17. The molecule has 0 bridgehead atoms. The van der Waals surface area contributed by atoms with E-state index in [4.69, 9.17) is 4.74 Å². The van der Waals surface area contributed by atoms with Gasteiger partial charge < -0.3 is 4.74 Å². The van der Waals surface area contributed by atoms with E-state index in [9.17, 15) is 21.2 Å². The molecular formula is C16H19FN2O5S2. The number of benzene rings is 2. The average molecular weight is 402 g/mol. The van der Waals surface area contributed by atoms with Crippen LogP contribution in [0.1, 0.15) is 6.92 Å². The van der Waals surface area contributed by atoms with Crippen LogP contribution >= 0.6 is 0 Å². The van der Waals surface area contributed by atoms with Gasteiger partial charge in [-0.05, 0) is 49.4 Å². The topological polar surface area (TPSA) is 102 Å². The molecule has 26 heavy (non-hydrogen) atoms. The number of halogens is 1. The zero-order valence-electron chi connectivity index (χ0n) is 14.1. The van der Waals surface area contributed by atoms with E-state index in [0.29, 0.717) is 0 Å². The van der Waals surface area contributed by atoms with Crippen LogP contribution in [0, 0.1) is 5.82 Å². The Morgan fingerprint density at radius 1 is 1.00 bits per heavy atom. The third-order valence-electron chi connectivity index (χ3n) is 3.30. The van der Waals surface area contributed by atoms with E-state index >= 15 is 0 Å². The summed E-state index contributed by atoms with van der Waals surface area (Å²) in [6.07, 6.45) is 0. The van der Waals surface area contributed by atoms with Crippen LogP contribution < -0.4 is 9.44 Å². The van der Waals surface area contributed by atoms with Crippen LogP contribution in [-0.2, 0) is 24.8 Å². The van der Waals surface area contributed by atoms with E-state index in [1.54, 1.807) is 6.92 Å². The number of sulfonamides is 2. The van der Waals surface area contributed by atoms with Crippen LogP contribution in [0.2, 0.25) is 0 Å². The smallest absolute Gasteiger partial charge is 0.261 e. The van der Waals surface area contributed by atoms with Crippen LogP contribution in [0.25, 0.3) is 0 Å². The van der Waals surface area contributed by atoms with Crippen molar-refractivity contribution in [2.45, 2.75) is 22.8 Å². The summed E-state index contributed by atoms with van der Waals surface area (Å²) in [5, 5.41) is 0. The summed E-state index contributed by atoms with van der Waals surface area (Å²) in [4.78, 5) is -0.251. The van der Waals surface area contributed by atoms with Gasteiger partial charge in [0.25, 0.3) is 10.0 Å². The molecule has 2 aromatic rings. The lowest BCUT2D eigenvalue weighted by Crippen LogP contribution is -2.35. The summed E-state index contributed by atoms with van der Waals surface area (Å²) in [6.45, 7) is 1.87. The molecule has 2 aromatic carbocycles. The van der Waals surface area contributed by atoms with E-state index < -0.39 is 31.9 Å². The molecule has 0 aliphatic carbocycles. The second kappa shape index (κ2) is 8.12. The predicted molar refractivity (Wildman–Crippen MR) is 95.3 cm³/mol. The van der Waals surface area contributed by atoms with E-state index in [1.165, 1.54) is 43.5 Å². The van der Waals surface area contributed by atoms with Gasteiger partial charge in [0, 0.05) is 18.8 Å². The van der Waals surface area contributed by atoms with Gasteiger partial charge in [0.1, 0.15) is 5.82 Å². The summed E-state index contributed by atoms with van der Waals surface area (Å²) in [5.41, 5.74) is 0.151. The third-order valence-corrected chi connectivity index (χ3v) is 6.28. The Morgan fingerprint density at radius 2 is 1.65 bits per heavy atom. The molecule has 0 aromatic heterocycles. The van der Waals surface area contributed by atoms with Gasteiger partial charge in [0.2, 0.25) is 10.0 Å². The quantitative estimate of drug-likeness (QED) is 0.703. The first-order valence-corrected chi connectivity index (χ1v) is 10.5. The van der Waals surface area contributed by atoms with E-state index in [0.717, 1.165) is 12.1 Å². The number of methoxy groups -OCH3 is 1. The first kappa shape index (κ1) is 20.3. The van der Waals surface area contributed by atoms with Gasteiger partial charge in [-0.2, -0.15) is 0 Å². The largest absolute Gasteiger partial charge is 0.383 e. The lowest BCUT2D eigenvalue weighted by molar-refractivity contribution is 0.180. The molecule has 2 rings (SSSR count). The molecule has 142 valence electrons. The molecule has 0 saturated carbocycles. The minimum atomic E-state index is -3.98. The normalized spacial score (nSPS) is 13.3. The molecule has 0 radical (unpaired) electrons. The van der Waals surface area contributed by atoms with Crippen molar-refractivity contribution in [1.29, 1.82) is 0 Å². The monoisotopic (exact) mass is 402 g/mol. The standard InChI is InChI=1S/C16H19FN2O5S2/c1-12(11-24-2)18-25(20,21)15-8-6-14(7-9-15)19-26(22,23)16-5-3-4-13(17)10-16/h3-10,12,18-19H,11H2,1-2H3. The van der Waals surface area contributed by atoms with Crippen molar-refractivity contribution in [2.75, 3.05) is 18.4 Å². The van der Waals surface area contributed by atoms with Gasteiger partial charge in [0.15, 0.2) is 0 Å². The summed E-state index contributed by atoms with van der Waals surface area (Å²) in [6, 6.07) is 9.31. The summed E-state index contributed by atoms with van der Waals surface area (Å²) in [7, 11) is -6.28. The molecule has 10 heteroatoms. The highest BCUT2D eigenvalue weighted by Gasteiger charge is 2.18. The van der Waals surface area contributed by atoms with Crippen molar-refractivity contribution in [3.63, 3.8) is 0 Å². The van der Waals surface area contributed by atoms with Gasteiger partial charge >= 0.3 is 0 Å². The maximum absolute atomic E-state index is 13.2. The van der Waals surface area contributed by atoms with E-state index in [1.807, 2.05) is 0 Å². The van der Waals surface area contributed by atoms with E-state index in [-0.39, 0.29) is 22.1 Å². The number of hydrogen-bond acceptors (Lipinski definition) is 5. The fourth-order valence-corrected chi connectivity index (χ4v) is 4.49. The molecule has 0 saturated heterocycles. The highest BCUT2D eigenvalue weighted by Crippen LogP contribution is 2.19. The third kappa shape index (κ3) is 5.24. The SMILES string of the molecule is COCC(C)NS(=O)(=O)c1ccc(NS(=O)(=O)c2cccc(F)c2)cc1. The Hall–Kier alpha value is -2.01. The molecule has 0 heterocycles. The highest BCUT2D eigenvalue weighted by atomic mass is 32.2. The van der Waals surface area contributed by atoms with Crippen molar-refractivity contribution >= 4 is 25.7 Å². The van der Waals surface area contributed by atoms with Gasteiger partial charge in [-0.3, -0.25) is 4.72 Å².